The Morgan fingerprint density at radius 3 is 2.20 bits per heavy atom. The first kappa shape index (κ1) is 19.1. The van der Waals surface area contributed by atoms with Gasteiger partial charge >= 0.3 is 0 Å². The van der Waals surface area contributed by atoms with Crippen LogP contribution in [0.25, 0.3) is 0 Å². The molecule has 25 heavy (non-hydrogen) atoms. The summed E-state index contributed by atoms with van der Waals surface area (Å²) in [5.41, 5.74) is 3.41. The molecule has 0 aliphatic carbocycles. The van der Waals surface area contributed by atoms with Crippen LogP contribution in [-0.2, 0) is 17.8 Å². The van der Waals surface area contributed by atoms with Crippen LogP contribution in [0.3, 0.4) is 0 Å². The quantitative estimate of drug-likeness (QED) is 0.765. The number of carbonyl (C=O) groups excluding carboxylic acids is 1. The second kappa shape index (κ2) is 9.33. The Balaban J connectivity index is 1.85. The molecular weight excluding hydrogens is 328 g/mol. The van der Waals surface area contributed by atoms with Crippen molar-refractivity contribution < 1.29 is 4.79 Å². The van der Waals surface area contributed by atoms with Gasteiger partial charge < -0.3 is 10.6 Å². The summed E-state index contributed by atoms with van der Waals surface area (Å²) >= 11 is 5.22. The Bertz CT molecular complexity index is 696. The van der Waals surface area contributed by atoms with Crippen LogP contribution in [0.1, 0.15) is 43.4 Å². The fourth-order valence-electron chi connectivity index (χ4n) is 2.61. The molecule has 4 heteroatoms. The molecule has 0 spiro atoms. The predicted octanol–water partition coefficient (Wildman–Crippen LogP) is 4.18. The zero-order valence-corrected chi connectivity index (χ0v) is 15.9. The van der Waals surface area contributed by atoms with Crippen molar-refractivity contribution in [2.45, 2.75) is 39.7 Å². The molecule has 1 amide bonds. The minimum absolute atomic E-state index is 0.0952. The molecule has 0 bridgehead atoms. The highest BCUT2D eigenvalue weighted by molar-refractivity contribution is 7.80. The van der Waals surface area contributed by atoms with Gasteiger partial charge in [-0.3, -0.25) is 4.79 Å². The lowest BCUT2D eigenvalue weighted by Gasteiger charge is -2.15. The monoisotopic (exact) mass is 354 g/mol. The third kappa shape index (κ3) is 6.31. The van der Waals surface area contributed by atoms with Crippen LogP contribution >= 0.6 is 12.2 Å². The number of hydrogen-bond donors (Lipinski definition) is 2. The molecule has 1 unspecified atom stereocenters. The summed E-state index contributed by atoms with van der Waals surface area (Å²) in [6, 6.07) is 18.2. The molecule has 0 radical (unpaired) electrons. The summed E-state index contributed by atoms with van der Waals surface area (Å²) in [7, 11) is 0. The molecular formula is C21H26N2OS. The van der Waals surface area contributed by atoms with Crippen molar-refractivity contribution in [1.82, 2.24) is 10.6 Å². The SMILES string of the molecule is CC(C)Cc1ccc(C(C)C(=O)NC(=S)NCc2ccccc2)cc1. The molecule has 2 N–H and O–H groups in total. The minimum atomic E-state index is -0.246. The molecule has 0 aliphatic heterocycles. The molecule has 0 saturated carbocycles. The van der Waals surface area contributed by atoms with Crippen LogP contribution in [0.4, 0.5) is 0 Å². The number of amides is 1. The molecule has 0 aromatic heterocycles. The van der Waals surface area contributed by atoms with Crippen molar-refractivity contribution in [3.8, 4) is 0 Å². The second-order valence-corrected chi connectivity index (χ2v) is 7.13. The Morgan fingerprint density at radius 1 is 0.960 bits per heavy atom. The normalized spacial score (nSPS) is 11.8. The summed E-state index contributed by atoms with van der Waals surface area (Å²) in [6.07, 6.45) is 1.05. The molecule has 2 aromatic carbocycles. The van der Waals surface area contributed by atoms with Crippen LogP contribution < -0.4 is 10.6 Å². The summed E-state index contributed by atoms with van der Waals surface area (Å²) < 4.78 is 0. The lowest BCUT2D eigenvalue weighted by Crippen LogP contribution is -2.40. The first-order valence-electron chi connectivity index (χ1n) is 8.67. The van der Waals surface area contributed by atoms with Gasteiger partial charge in [0.25, 0.3) is 0 Å². The zero-order valence-electron chi connectivity index (χ0n) is 15.1. The van der Waals surface area contributed by atoms with E-state index in [-0.39, 0.29) is 11.8 Å². The molecule has 3 nitrogen and oxygen atoms in total. The van der Waals surface area contributed by atoms with Gasteiger partial charge in [0.15, 0.2) is 5.11 Å². The number of benzene rings is 2. The van der Waals surface area contributed by atoms with E-state index in [1.165, 1.54) is 5.56 Å². The van der Waals surface area contributed by atoms with E-state index in [1.54, 1.807) is 0 Å². The smallest absolute Gasteiger partial charge is 0.233 e. The van der Waals surface area contributed by atoms with Crippen LogP contribution in [0.15, 0.2) is 54.6 Å². The van der Waals surface area contributed by atoms with Crippen LogP contribution in [0.5, 0.6) is 0 Å². The van der Waals surface area contributed by atoms with Crippen LogP contribution in [0.2, 0.25) is 0 Å². The highest BCUT2D eigenvalue weighted by Crippen LogP contribution is 2.17. The molecule has 0 heterocycles. The van der Waals surface area contributed by atoms with Gasteiger partial charge in [-0.15, -0.1) is 0 Å². The third-order valence-electron chi connectivity index (χ3n) is 4.05. The van der Waals surface area contributed by atoms with Crippen LogP contribution in [0, 0.1) is 5.92 Å². The Labute approximate surface area is 155 Å². The topological polar surface area (TPSA) is 41.1 Å². The third-order valence-corrected chi connectivity index (χ3v) is 4.30. The van der Waals surface area contributed by atoms with Gasteiger partial charge in [0.1, 0.15) is 0 Å². The lowest BCUT2D eigenvalue weighted by molar-refractivity contribution is -0.120. The van der Waals surface area contributed by atoms with E-state index in [0.717, 1.165) is 17.5 Å². The fraction of sp³-hybridized carbons (Fsp3) is 0.333. The van der Waals surface area contributed by atoms with E-state index in [0.29, 0.717) is 17.6 Å². The molecule has 2 rings (SSSR count). The van der Waals surface area contributed by atoms with Gasteiger partial charge in [0, 0.05) is 6.54 Å². The number of hydrogen-bond acceptors (Lipinski definition) is 2. The Kier molecular flexibility index (Phi) is 7.14. The lowest BCUT2D eigenvalue weighted by atomic mass is 9.96. The molecule has 132 valence electrons. The maximum atomic E-state index is 12.4. The van der Waals surface area contributed by atoms with Crippen molar-refractivity contribution in [2.24, 2.45) is 5.92 Å². The molecule has 2 aromatic rings. The van der Waals surface area contributed by atoms with Crippen molar-refractivity contribution in [2.75, 3.05) is 0 Å². The summed E-state index contributed by atoms with van der Waals surface area (Å²) in [5.74, 6) is 0.284. The number of thiocarbonyl (C=S) groups is 1. The van der Waals surface area contributed by atoms with Gasteiger partial charge in [0.2, 0.25) is 5.91 Å². The zero-order chi connectivity index (χ0) is 18.2. The van der Waals surface area contributed by atoms with E-state index >= 15 is 0 Å². The Hall–Kier alpha value is -2.20. The maximum Gasteiger partial charge on any atom is 0.233 e. The minimum Gasteiger partial charge on any atom is -0.358 e. The predicted molar refractivity (Wildman–Crippen MR) is 107 cm³/mol. The molecule has 1 atom stereocenters. The van der Waals surface area contributed by atoms with E-state index in [2.05, 4.69) is 36.6 Å². The standard InChI is InChI=1S/C21H26N2OS/c1-15(2)13-17-9-11-19(12-10-17)16(3)20(24)23-21(25)22-14-18-7-5-4-6-8-18/h4-12,15-16H,13-14H2,1-3H3,(H2,22,23,24,25). The van der Waals surface area contributed by atoms with Gasteiger partial charge in [-0.05, 0) is 48.2 Å². The summed E-state index contributed by atoms with van der Waals surface area (Å²) in [4.78, 5) is 12.4. The average molecular weight is 355 g/mol. The van der Waals surface area contributed by atoms with Gasteiger partial charge in [-0.1, -0.05) is 68.4 Å². The Morgan fingerprint density at radius 2 is 1.60 bits per heavy atom. The van der Waals surface area contributed by atoms with Gasteiger partial charge in [-0.2, -0.15) is 0 Å². The second-order valence-electron chi connectivity index (χ2n) is 6.72. The number of nitrogens with one attached hydrogen (secondary N) is 2. The first-order chi connectivity index (χ1) is 12.0. The van der Waals surface area contributed by atoms with Crippen molar-refractivity contribution in [3.05, 3.63) is 71.3 Å². The first-order valence-corrected chi connectivity index (χ1v) is 9.08. The van der Waals surface area contributed by atoms with Gasteiger partial charge in [-0.25, -0.2) is 0 Å². The van der Waals surface area contributed by atoms with Crippen molar-refractivity contribution in [1.29, 1.82) is 0 Å². The number of rotatable bonds is 6. The van der Waals surface area contributed by atoms with Gasteiger partial charge in [0.05, 0.1) is 5.92 Å². The molecule has 0 saturated heterocycles. The van der Waals surface area contributed by atoms with E-state index in [9.17, 15) is 4.79 Å². The average Bonchev–Trinajstić information content (AvgIpc) is 2.60. The van der Waals surface area contributed by atoms with E-state index in [4.69, 9.17) is 12.2 Å². The summed E-state index contributed by atoms with van der Waals surface area (Å²) in [6.45, 7) is 6.89. The maximum absolute atomic E-state index is 12.4. The van der Waals surface area contributed by atoms with Crippen LogP contribution in [-0.4, -0.2) is 11.0 Å². The summed E-state index contributed by atoms with van der Waals surface area (Å²) in [5, 5.41) is 6.20. The van der Waals surface area contributed by atoms with E-state index < -0.39 is 0 Å². The molecule has 0 aliphatic rings. The van der Waals surface area contributed by atoms with E-state index in [1.807, 2.05) is 49.4 Å². The highest BCUT2D eigenvalue weighted by atomic mass is 32.1. The highest BCUT2D eigenvalue weighted by Gasteiger charge is 2.16. The van der Waals surface area contributed by atoms with Crippen molar-refractivity contribution in [3.63, 3.8) is 0 Å². The molecule has 0 fully saturated rings. The van der Waals surface area contributed by atoms with Crippen molar-refractivity contribution >= 4 is 23.2 Å². The number of carbonyl (C=O) groups is 1. The largest absolute Gasteiger partial charge is 0.358 e. The fourth-order valence-corrected chi connectivity index (χ4v) is 2.78.